The molecule has 80 valence electrons. The van der Waals surface area contributed by atoms with Gasteiger partial charge in [-0.3, -0.25) is 14.9 Å². The number of nitro benzene ring substituents is 1. The number of hydrogen-bond acceptors (Lipinski definition) is 4. The van der Waals surface area contributed by atoms with Crippen molar-refractivity contribution in [2.45, 2.75) is 0 Å². The highest BCUT2D eigenvalue weighted by molar-refractivity contribution is 7.12. The molecular weight excluding hydrogens is 226 g/mol. The molecule has 0 radical (unpaired) electrons. The van der Waals surface area contributed by atoms with Crippen molar-refractivity contribution in [2.75, 3.05) is 0 Å². The quantitative estimate of drug-likeness (QED) is 0.465. The number of nitrogens with zero attached hydrogens (tertiary/aromatic N) is 1. The summed E-state index contributed by atoms with van der Waals surface area (Å²) in [5.74, 6) is -0.182. The Labute approximate surface area is 95.3 Å². The molecule has 0 saturated carbocycles. The van der Waals surface area contributed by atoms with Gasteiger partial charge in [0.15, 0.2) is 0 Å². The number of thiophene rings is 1. The van der Waals surface area contributed by atoms with Gasteiger partial charge >= 0.3 is 0 Å². The highest BCUT2D eigenvalue weighted by Gasteiger charge is 2.13. The fraction of sp³-hybridized carbons (Fsp3) is 0. The van der Waals surface area contributed by atoms with Crippen LogP contribution in [-0.4, -0.2) is 10.7 Å². The molecule has 0 amide bonds. The second-order valence-electron chi connectivity index (χ2n) is 3.11. The van der Waals surface area contributed by atoms with Gasteiger partial charge in [-0.2, -0.15) is 0 Å². The second kappa shape index (κ2) is 4.24. The van der Waals surface area contributed by atoms with Crippen LogP contribution in [0, 0.1) is 10.1 Å². The van der Waals surface area contributed by atoms with E-state index in [0.29, 0.717) is 10.4 Å². The Balaban J connectivity index is 2.38. The van der Waals surface area contributed by atoms with Gasteiger partial charge in [-0.1, -0.05) is 18.2 Å². The van der Waals surface area contributed by atoms with Crippen molar-refractivity contribution in [3.8, 4) is 0 Å². The first-order chi connectivity index (χ1) is 7.68. The number of benzene rings is 1. The highest BCUT2D eigenvalue weighted by atomic mass is 32.1. The molecule has 0 spiro atoms. The fourth-order valence-electron chi connectivity index (χ4n) is 1.31. The normalized spacial score (nSPS) is 10.0. The van der Waals surface area contributed by atoms with E-state index >= 15 is 0 Å². The largest absolute Gasteiger partial charge is 0.288 e. The van der Waals surface area contributed by atoms with E-state index in [2.05, 4.69) is 0 Å². The number of nitro groups is 1. The van der Waals surface area contributed by atoms with E-state index in [4.69, 9.17) is 0 Å². The molecule has 1 aromatic carbocycles. The Bertz CT molecular complexity index is 534. The summed E-state index contributed by atoms with van der Waals surface area (Å²) in [6.45, 7) is 0. The fourth-order valence-corrected chi connectivity index (χ4v) is 2.00. The van der Waals surface area contributed by atoms with Crippen molar-refractivity contribution in [1.29, 1.82) is 0 Å². The third kappa shape index (κ3) is 1.99. The molecule has 2 aromatic rings. The summed E-state index contributed by atoms with van der Waals surface area (Å²) in [5, 5.41) is 12.4. The lowest BCUT2D eigenvalue weighted by Gasteiger charge is -1.97. The summed E-state index contributed by atoms with van der Waals surface area (Å²) in [6, 6.07) is 9.22. The maximum Gasteiger partial charge on any atom is 0.270 e. The van der Waals surface area contributed by atoms with Crippen LogP contribution in [0.1, 0.15) is 15.2 Å². The van der Waals surface area contributed by atoms with Crippen LogP contribution in [0.3, 0.4) is 0 Å². The van der Waals surface area contributed by atoms with Crippen LogP contribution in [0.2, 0.25) is 0 Å². The first-order valence-corrected chi connectivity index (χ1v) is 5.39. The van der Waals surface area contributed by atoms with Crippen LogP contribution in [-0.2, 0) is 0 Å². The third-order valence-electron chi connectivity index (χ3n) is 2.06. The van der Waals surface area contributed by atoms with Gasteiger partial charge in [-0.25, -0.2) is 0 Å². The minimum Gasteiger partial charge on any atom is -0.288 e. The highest BCUT2D eigenvalue weighted by Crippen LogP contribution is 2.18. The number of rotatable bonds is 3. The monoisotopic (exact) mass is 233 g/mol. The first-order valence-electron chi connectivity index (χ1n) is 4.51. The Morgan fingerprint density at radius 3 is 2.69 bits per heavy atom. The van der Waals surface area contributed by atoms with Crippen molar-refractivity contribution < 1.29 is 9.72 Å². The molecular formula is C11H7NO3S. The van der Waals surface area contributed by atoms with Crippen molar-refractivity contribution in [3.05, 3.63) is 62.3 Å². The van der Waals surface area contributed by atoms with E-state index in [1.807, 2.05) is 0 Å². The van der Waals surface area contributed by atoms with E-state index in [9.17, 15) is 14.9 Å². The number of hydrogen-bond donors (Lipinski definition) is 0. The maximum atomic E-state index is 11.9. The van der Waals surface area contributed by atoms with Gasteiger partial charge in [0.1, 0.15) is 0 Å². The molecule has 4 nitrogen and oxygen atoms in total. The topological polar surface area (TPSA) is 60.2 Å². The van der Waals surface area contributed by atoms with Gasteiger partial charge in [0.05, 0.1) is 9.80 Å². The summed E-state index contributed by atoms with van der Waals surface area (Å²) in [4.78, 5) is 22.5. The number of non-ortho nitro benzene ring substituents is 1. The minimum absolute atomic E-state index is 0.0672. The molecule has 0 N–H and O–H groups in total. The van der Waals surface area contributed by atoms with E-state index in [0.717, 1.165) is 0 Å². The summed E-state index contributed by atoms with van der Waals surface area (Å²) >= 11 is 1.32. The van der Waals surface area contributed by atoms with Crippen molar-refractivity contribution in [1.82, 2.24) is 0 Å². The Kier molecular flexibility index (Phi) is 2.78. The molecule has 5 heteroatoms. The van der Waals surface area contributed by atoms with Crippen LogP contribution in [0.4, 0.5) is 5.69 Å². The number of carbonyl (C=O) groups excluding carboxylic acids is 1. The molecule has 0 atom stereocenters. The average Bonchev–Trinajstić information content (AvgIpc) is 2.81. The molecule has 0 unspecified atom stereocenters. The molecule has 2 rings (SSSR count). The molecule has 1 aromatic heterocycles. The van der Waals surface area contributed by atoms with Gasteiger partial charge in [-0.15, -0.1) is 11.3 Å². The average molecular weight is 233 g/mol. The summed E-state index contributed by atoms with van der Waals surface area (Å²) in [5.41, 5.74) is 0.277. The molecule has 0 aliphatic rings. The van der Waals surface area contributed by atoms with E-state index in [1.165, 1.54) is 29.5 Å². The van der Waals surface area contributed by atoms with Gasteiger partial charge in [0.2, 0.25) is 5.78 Å². The summed E-state index contributed by atoms with van der Waals surface area (Å²) in [7, 11) is 0. The van der Waals surface area contributed by atoms with Crippen molar-refractivity contribution in [3.63, 3.8) is 0 Å². The zero-order valence-corrected chi connectivity index (χ0v) is 8.94. The van der Waals surface area contributed by atoms with Crippen LogP contribution in [0.15, 0.2) is 41.8 Å². The zero-order chi connectivity index (χ0) is 11.5. The van der Waals surface area contributed by atoms with Crippen LogP contribution >= 0.6 is 11.3 Å². The molecule has 0 saturated heterocycles. The zero-order valence-electron chi connectivity index (χ0n) is 8.12. The van der Waals surface area contributed by atoms with E-state index in [-0.39, 0.29) is 11.5 Å². The third-order valence-corrected chi connectivity index (χ3v) is 2.93. The van der Waals surface area contributed by atoms with Crippen molar-refractivity contribution >= 4 is 22.8 Å². The second-order valence-corrected chi connectivity index (χ2v) is 4.06. The molecule has 0 aliphatic heterocycles. The summed E-state index contributed by atoms with van der Waals surface area (Å²) in [6.07, 6.45) is 0. The van der Waals surface area contributed by atoms with Crippen LogP contribution < -0.4 is 0 Å². The molecule has 16 heavy (non-hydrogen) atoms. The first kappa shape index (κ1) is 10.5. The Hall–Kier alpha value is -2.01. The Morgan fingerprint density at radius 1 is 1.25 bits per heavy atom. The number of ketones is 1. The lowest BCUT2D eigenvalue weighted by molar-refractivity contribution is -0.384. The lowest BCUT2D eigenvalue weighted by Crippen LogP contribution is -1.99. The molecule has 0 fully saturated rings. The number of carbonyl (C=O) groups is 1. The standard InChI is InChI=1S/C11H7NO3S/c13-11(10-5-2-6-16-10)8-3-1-4-9(7-8)12(14)15/h1-7H. The maximum absolute atomic E-state index is 11.9. The van der Waals surface area contributed by atoms with Gasteiger partial charge in [0, 0.05) is 17.7 Å². The van der Waals surface area contributed by atoms with Crippen LogP contribution in [0.5, 0.6) is 0 Å². The molecule has 0 aliphatic carbocycles. The van der Waals surface area contributed by atoms with E-state index in [1.54, 1.807) is 23.6 Å². The smallest absolute Gasteiger partial charge is 0.270 e. The minimum atomic E-state index is -0.509. The lowest BCUT2D eigenvalue weighted by atomic mass is 10.1. The molecule has 1 heterocycles. The van der Waals surface area contributed by atoms with E-state index < -0.39 is 4.92 Å². The van der Waals surface area contributed by atoms with Gasteiger partial charge in [0.25, 0.3) is 5.69 Å². The Morgan fingerprint density at radius 2 is 2.06 bits per heavy atom. The SMILES string of the molecule is O=C(c1cccc([N+](=O)[O-])c1)c1cccs1. The summed E-state index contributed by atoms with van der Waals surface area (Å²) < 4.78 is 0. The van der Waals surface area contributed by atoms with Gasteiger partial charge < -0.3 is 0 Å². The predicted octanol–water partition coefficient (Wildman–Crippen LogP) is 2.89. The molecule has 0 bridgehead atoms. The van der Waals surface area contributed by atoms with Crippen LogP contribution in [0.25, 0.3) is 0 Å². The van der Waals surface area contributed by atoms with Crippen molar-refractivity contribution in [2.24, 2.45) is 0 Å². The van der Waals surface area contributed by atoms with Gasteiger partial charge in [-0.05, 0) is 11.4 Å². The predicted molar refractivity (Wildman–Crippen MR) is 60.8 cm³/mol.